The molecule has 9 heteroatoms. The molecule has 4 aliphatic carbocycles. The van der Waals surface area contributed by atoms with Crippen molar-refractivity contribution in [3.8, 4) is 0 Å². The fourth-order valence-electron chi connectivity index (χ4n) is 7.56. The highest BCUT2D eigenvalue weighted by atomic mass is 19.2. The highest BCUT2D eigenvalue weighted by Crippen LogP contribution is 2.71. The minimum absolute atomic E-state index is 0.0246. The minimum atomic E-state index is -2.08. The molecule has 35 heavy (non-hydrogen) atoms. The third-order valence-corrected chi connectivity index (χ3v) is 9.31. The smallest absolute Gasteiger partial charge is 0.309 e. The fraction of sp³-hybridized carbons (Fsp3) is 0.731. The van der Waals surface area contributed by atoms with Crippen molar-refractivity contribution in [3.05, 3.63) is 23.6 Å². The number of hydrogen-bond donors (Lipinski definition) is 2. The average molecular weight is 499 g/mol. The maximum atomic E-state index is 17.0. The second-order valence-corrected chi connectivity index (χ2v) is 11.7. The zero-order valence-corrected chi connectivity index (χ0v) is 20.5. The average Bonchev–Trinajstić information content (AvgIpc) is 3.04. The summed E-state index contributed by atoms with van der Waals surface area (Å²) in [4.78, 5) is 37.7. The predicted molar refractivity (Wildman–Crippen MR) is 119 cm³/mol. The number of aliphatic hydroxyl groups excluding tert-OH is 1. The molecule has 0 radical (unpaired) electrons. The van der Waals surface area contributed by atoms with Crippen molar-refractivity contribution >= 4 is 17.5 Å². The van der Waals surface area contributed by atoms with E-state index in [0.29, 0.717) is 0 Å². The highest BCUT2D eigenvalue weighted by molar-refractivity contribution is 6.04. The molecule has 2 N–H and O–H groups in total. The summed E-state index contributed by atoms with van der Waals surface area (Å²) in [5, 5.41) is 19.8. The monoisotopic (exact) mass is 498 g/mol. The normalized spacial score (nSPS) is 42.9. The standard InChI is InChI=1S/C26H33F3O6/c1-22(2,34)12-19(33)35-26(18(32)13-30)8-5-14-15-11-16(27)20-21(28)17(31)6-7-24(20,4)25(15,29)10-9-23(14,26)3/h6-7,14-16,30,34H,5,8-13H2,1-4H3/t14-,15-,16-,23-,24-,25+,26-/m0/s1. The van der Waals surface area contributed by atoms with Gasteiger partial charge in [-0.25, -0.2) is 13.2 Å². The van der Waals surface area contributed by atoms with Crippen molar-refractivity contribution in [3.63, 3.8) is 0 Å². The van der Waals surface area contributed by atoms with Crippen LogP contribution >= 0.6 is 0 Å². The molecule has 0 aromatic carbocycles. The van der Waals surface area contributed by atoms with E-state index in [4.69, 9.17) is 4.74 Å². The lowest BCUT2D eigenvalue weighted by molar-refractivity contribution is -0.202. The Hall–Kier alpha value is -2.00. The van der Waals surface area contributed by atoms with E-state index in [1.54, 1.807) is 6.92 Å². The summed E-state index contributed by atoms with van der Waals surface area (Å²) in [5.41, 5.74) is -8.46. The van der Waals surface area contributed by atoms with Gasteiger partial charge in [0.1, 0.15) is 18.4 Å². The quantitative estimate of drug-likeness (QED) is 0.562. The number of Topliss-reactive ketones (excluding diaryl/α,β-unsaturated/α-hetero) is 1. The van der Waals surface area contributed by atoms with E-state index in [2.05, 4.69) is 0 Å². The lowest BCUT2D eigenvalue weighted by atomic mass is 9.45. The molecule has 7 atom stereocenters. The summed E-state index contributed by atoms with van der Waals surface area (Å²) in [6.07, 6.45) is -0.264. The van der Waals surface area contributed by atoms with Gasteiger partial charge in [-0.15, -0.1) is 0 Å². The van der Waals surface area contributed by atoms with Crippen molar-refractivity contribution in [2.75, 3.05) is 6.61 Å². The molecule has 0 amide bonds. The third kappa shape index (κ3) is 3.48. The summed E-state index contributed by atoms with van der Waals surface area (Å²) < 4.78 is 53.0. The Bertz CT molecular complexity index is 1030. The lowest BCUT2D eigenvalue weighted by Crippen LogP contribution is -2.65. The van der Waals surface area contributed by atoms with Crippen LogP contribution in [0.3, 0.4) is 0 Å². The first-order valence-corrected chi connectivity index (χ1v) is 12.1. The van der Waals surface area contributed by atoms with Gasteiger partial charge in [0.2, 0.25) is 11.6 Å². The fourth-order valence-corrected chi connectivity index (χ4v) is 7.56. The summed E-state index contributed by atoms with van der Waals surface area (Å²) in [6, 6.07) is 0. The zero-order valence-electron chi connectivity index (χ0n) is 20.5. The number of hydrogen-bond acceptors (Lipinski definition) is 6. The first-order valence-electron chi connectivity index (χ1n) is 12.1. The highest BCUT2D eigenvalue weighted by Gasteiger charge is 2.74. The van der Waals surface area contributed by atoms with E-state index in [1.807, 2.05) is 0 Å². The van der Waals surface area contributed by atoms with E-state index >= 15 is 8.78 Å². The van der Waals surface area contributed by atoms with Gasteiger partial charge in [0.25, 0.3) is 0 Å². The Morgan fingerprint density at radius 3 is 2.46 bits per heavy atom. The van der Waals surface area contributed by atoms with Gasteiger partial charge in [-0.1, -0.05) is 13.0 Å². The van der Waals surface area contributed by atoms with Crippen molar-refractivity contribution in [2.45, 2.75) is 89.3 Å². The van der Waals surface area contributed by atoms with Crippen LogP contribution in [0.1, 0.15) is 66.2 Å². The van der Waals surface area contributed by atoms with Gasteiger partial charge in [0.15, 0.2) is 11.4 Å². The van der Waals surface area contributed by atoms with Gasteiger partial charge in [-0.2, -0.15) is 0 Å². The van der Waals surface area contributed by atoms with Crippen molar-refractivity contribution in [2.24, 2.45) is 22.7 Å². The Balaban J connectivity index is 1.76. The van der Waals surface area contributed by atoms with Gasteiger partial charge >= 0.3 is 5.97 Å². The van der Waals surface area contributed by atoms with Crippen LogP contribution in [0.5, 0.6) is 0 Å². The molecule has 3 saturated carbocycles. The van der Waals surface area contributed by atoms with Crippen molar-refractivity contribution in [1.29, 1.82) is 0 Å². The largest absolute Gasteiger partial charge is 0.450 e. The number of carbonyl (C=O) groups is 3. The van der Waals surface area contributed by atoms with Crippen molar-refractivity contribution in [1.82, 2.24) is 0 Å². The van der Waals surface area contributed by atoms with Crippen LogP contribution < -0.4 is 0 Å². The second-order valence-electron chi connectivity index (χ2n) is 11.7. The minimum Gasteiger partial charge on any atom is -0.450 e. The molecule has 0 aromatic rings. The first-order chi connectivity index (χ1) is 16.1. The first kappa shape index (κ1) is 26.1. The van der Waals surface area contributed by atoms with Crippen LogP contribution in [0.2, 0.25) is 0 Å². The van der Waals surface area contributed by atoms with Gasteiger partial charge in [-0.05, 0) is 64.9 Å². The third-order valence-electron chi connectivity index (χ3n) is 9.31. The molecule has 0 unspecified atom stereocenters. The number of halogens is 3. The molecular formula is C26H33F3O6. The predicted octanol–water partition coefficient (Wildman–Crippen LogP) is 3.64. The molecule has 0 aliphatic heterocycles. The van der Waals surface area contributed by atoms with Gasteiger partial charge in [0, 0.05) is 22.3 Å². The maximum Gasteiger partial charge on any atom is 0.309 e. The number of rotatable bonds is 5. The molecule has 3 fully saturated rings. The molecule has 0 spiro atoms. The Morgan fingerprint density at radius 1 is 1.20 bits per heavy atom. The van der Waals surface area contributed by atoms with Gasteiger partial charge in [0.05, 0.1) is 12.0 Å². The number of aliphatic hydroxyl groups is 2. The van der Waals surface area contributed by atoms with Gasteiger partial charge in [-0.3, -0.25) is 14.4 Å². The topological polar surface area (TPSA) is 101 Å². The number of alkyl halides is 2. The van der Waals surface area contributed by atoms with E-state index < -0.39 is 81.3 Å². The Kier molecular flexibility index (Phi) is 5.96. The van der Waals surface area contributed by atoms with Gasteiger partial charge < -0.3 is 14.9 Å². The molecule has 0 saturated heterocycles. The van der Waals surface area contributed by atoms with Crippen LogP contribution in [0.25, 0.3) is 0 Å². The van der Waals surface area contributed by atoms with E-state index in [-0.39, 0.29) is 38.5 Å². The molecule has 0 aromatic heterocycles. The molecule has 0 heterocycles. The molecule has 194 valence electrons. The number of ketones is 2. The summed E-state index contributed by atoms with van der Waals surface area (Å²) in [7, 11) is 0. The van der Waals surface area contributed by atoms with Crippen LogP contribution in [0.15, 0.2) is 23.6 Å². The van der Waals surface area contributed by atoms with Crippen molar-refractivity contribution < 1.29 is 42.5 Å². The SMILES string of the molecule is CC(C)(O)CC(=O)O[C@]1(C(=O)CO)CC[C@H]2[C@@H]3C[C@H](F)C4=C(F)C(=O)C=C[C@]4(C)[C@@]3(F)CC[C@@]21C. The number of fused-ring (bicyclic) bond motifs is 5. The summed E-state index contributed by atoms with van der Waals surface area (Å²) >= 11 is 0. The molecular weight excluding hydrogens is 465 g/mol. The number of esters is 1. The van der Waals surface area contributed by atoms with E-state index in [9.17, 15) is 29.0 Å². The molecule has 4 aliphatic rings. The van der Waals surface area contributed by atoms with E-state index in [0.717, 1.165) is 6.08 Å². The number of carbonyl (C=O) groups excluding carboxylic acids is 3. The maximum absolute atomic E-state index is 17.0. The zero-order chi connectivity index (χ0) is 26.2. The Labute approximate surface area is 202 Å². The van der Waals surface area contributed by atoms with Crippen LogP contribution in [0, 0.1) is 22.7 Å². The molecule has 4 rings (SSSR count). The van der Waals surface area contributed by atoms with Crippen LogP contribution in [0.4, 0.5) is 13.2 Å². The molecule has 0 bridgehead atoms. The van der Waals surface area contributed by atoms with Crippen LogP contribution in [-0.4, -0.2) is 57.4 Å². The number of ether oxygens (including phenoxy) is 1. The second kappa shape index (κ2) is 8.00. The Morgan fingerprint density at radius 2 is 1.86 bits per heavy atom. The summed E-state index contributed by atoms with van der Waals surface area (Å²) in [6.45, 7) is 5.06. The van der Waals surface area contributed by atoms with E-state index in [1.165, 1.54) is 26.8 Å². The number of allylic oxidation sites excluding steroid dienone is 4. The molecule has 6 nitrogen and oxygen atoms in total. The van der Waals surface area contributed by atoms with Crippen LogP contribution in [-0.2, 0) is 19.1 Å². The lowest BCUT2D eigenvalue weighted by Gasteiger charge is -2.61. The summed E-state index contributed by atoms with van der Waals surface area (Å²) in [5.74, 6) is -5.29.